The predicted octanol–water partition coefficient (Wildman–Crippen LogP) is 1.57. The Kier molecular flexibility index (Phi) is 10.3. The van der Waals surface area contributed by atoms with Gasteiger partial charge < -0.3 is 19.3 Å². The summed E-state index contributed by atoms with van der Waals surface area (Å²) in [4.78, 5) is 21.4. The fourth-order valence-corrected chi connectivity index (χ4v) is 1.39. The maximum atomic E-state index is 11.2. The van der Waals surface area contributed by atoms with Gasteiger partial charge in [-0.25, -0.2) is 0 Å². The van der Waals surface area contributed by atoms with Crippen LogP contribution in [0.3, 0.4) is 0 Å². The highest BCUT2D eigenvalue weighted by Crippen LogP contribution is 2.05. The van der Waals surface area contributed by atoms with Crippen molar-refractivity contribution in [1.29, 1.82) is 0 Å². The van der Waals surface area contributed by atoms with Crippen molar-refractivity contribution >= 4 is 11.9 Å². The highest BCUT2D eigenvalue weighted by Gasteiger charge is 2.06. The van der Waals surface area contributed by atoms with Gasteiger partial charge in [0, 0.05) is 27.1 Å². The van der Waals surface area contributed by atoms with Crippen molar-refractivity contribution in [3.8, 4) is 0 Å². The summed E-state index contributed by atoms with van der Waals surface area (Å²) in [7, 11) is 3.16. The fourth-order valence-electron chi connectivity index (χ4n) is 1.39. The van der Waals surface area contributed by atoms with E-state index in [2.05, 4.69) is 0 Å². The number of hydrogen-bond acceptors (Lipinski definition) is 5. The smallest absolute Gasteiger partial charge is 0.305 e. The summed E-state index contributed by atoms with van der Waals surface area (Å²) in [6.45, 7) is 0.353. The van der Waals surface area contributed by atoms with Gasteiger partial charge in [0.05, 0.1) is 6.61 Å². The molecule has 0 saturated carbocycles. The number of carboxylic acids is 1. The number of carbonyl (C=O) groups is 2. The van der Waals surface area contributed by atoms with Crippen LogP contribution in [0, 0.1) is 0 Å². The molecule has 0 rings (SSSR count). The van der Waals surface area contributed by atoms with Crippen LogP contribution in [-0.2, 0) is 23.8 Å². The van der Waals surface area contributed by atoms with Gasteiger partial charge in [-0.05, 0) is 25.7 Å². The van der Waals surface area contributed by atoms with Crippen LogP contribution < -0.4 is 0 Å². The van der Waals surface area contributed by atoms with Gasteiger partial charge in [-0.3, -0.25) is 9.59 Å². The predicted molar refractivity (Wildman–Crippen MR) is 64.1 cm³/mol. The lowest BCUT2D eigenvalue weighted by Crippen LogP contribution is -2.13. The first-order valence-corrected chi connectivity index (χ1v) is 6.03. The van der Waals surface area contributed by atoms with Gasteiger partial charge in [0.25, 0.3) is 0 Å². The third kappa shape index (κ3) is 10.0. The minimum atomic E-state index is -0.895. The molecule has 6 heteroatoms. The van der Waals surface area contributed by atoms with E-state index in [1.54, 1.807) is 14.2 Å². The molecule has 1 N–H and O–H groups in total. The molecule has 0 atom stereocenters. The minimum Gasteiger partial charge on any atom is -0.481 e. The fraction of sp³-hybridized carbons (Fsp3) is 0.833. The maximum absolute atomic E-state index is 11.2. The van der Waals surface area contributed by atoms with Crippen LogP contribution in [0.1, 0.15) is 38.5 Å². The number of hydrogen-bond donors (Lipinski definition) is 1. The van der Waals surface area contributed by atoms with Gasteiger partial charge in [-0.1, -0.05) is 0 Å². The summed E-state index contributed by atoms with van der Waals surface area (Å²) in [5.74, 6) is -1.24. The summed E-state index contributed by atoms with van der Waals surface area (Å²) < 4.78 is 15.0. The quantitative estimate of drug-likeness (QED) is 0.346. The van der Waals surface area contributed by atoms with Gasteiger partial charge in [-0.2, -0.15) is 0 Å². The average Bonchev–Trinajstić information content (AvgIpc) is 2.33. The van der Waals surface area contributed by atoms with Gasteiger partial charge >= 0.3 is 11.9 Å². The van der Waals surface area contributed by atoms with Crippen LogP contribution in [0.15, 0.2) is 0 Å². The number of carbonyl (C=O) groups excluding carboxylic acids is 1. The number of esters is 1. The maximum Gasteiger partial charge on any atom is 0.305 e. The van der Waals surface area contributed by atoms with Crippen LogP contribution in [0.25, 0.3) is 0 Å². The molecule has 0 aromatic carbocycles. The molecule has 0 aromatic rings. The van der Waals surface area contributed by atoms with Crippen LogP contribution in [0.2, 0.25) is 0 Å². The highest BCUT2D eigenvalue weighted by atomic mass is 16.7. The minimum absolute atomic E-state index is 0.00153. The molecule has 0 radical (unpaired) electrons. The van der Waals surface area contributed by atoms with Crippen molar-refractivity contribution in [2.75, 3.05) is 20.8 Å². The molecule has 0 fully saturated rings. The zero-order chi connectivity index (χ0) is 13.8. The van der Waals surface area contributed by atoms with Crippen molar-refractivity contribution in [1.82, 2.24) is 0 Å². The summed E-state index contributed by atoms with van der Waals surface area (Å²) in [6.07, 6.45) is 2.61. The molecule has 0 heterocycles. The van der Waals surface area contributed by atoms with E-state index >= 15 is 0 Å². The normalized spacial score (nSPS) is 10.6. The van der Waals surface area contributed by atoms with Gasteiger partial charge in [0.2, 0.25) is 0 Å². The molecule has 0 aliphatic heterocycles. The Balaban J connectivity index is 3.37. The second-order valence-corrected chi connectivity index (χ2v) is 3.86. The molecule has 0 unspecified atom stereocenters. The van der Waals surface area contributed by atoms with Gasteiger partial charge in [0.1, 0.15) is 0 Å². The number of rotatable bonds is 11. The van der Waals surface area contributed by atoms with Crippen molar-refractivity contribution in [3.05, 3.63) is 0 Å². The molecule has 6 nitrogen and oxygen atoms in total. The van der Waals surface area contributed by atoms with Gasteiger partial charge in [-0.15, -0.1) is 0 Å². The van der Waals surface area contributed by atoms with E-state index in [1.807, 2.05) is 0 Å². The summed E-state index contributed by atoms with van der Waals surface area (Å²) in [5.41, 5.74) is 0. The Labute approximate surface area is 107 Å². The van der Waals surface area contributed by atoms with Crippen LogP contribution in [-0.4, -0.2) is 44.2 Å². The zero-order valence-corrected chi connectivity index (χ0v) is 11.0. The Morgan fingerprint density at radius 1 is 1.06 bits per heavy atom. The first kappa shape index (κ1) is 16.9. The van der Waals surface area contributed by atoms with Crippen molar-refractivity contribution in [2.45, 2.75) is 44.8 Å². The van der Waals surface area contributed by atoms with E-state index in [0.717, 1.165) is 19.3 Å². The number of unbranched alkanes of at least 4 members (excludes halogenated alkanes) is 1. The molecule has 0 amide bonds. The molecule has 18 heavy (non-hydrogen) atoms. The van der Waals surface area contributed by atoms with Gasteiger partial charge in [0.15, 0.2) is 6.29 Å². The first-order valence-electron chi connectivity index (χ1n) is 6.03. The summed E-state index contributed by atoms with van der Waals surface area (Å²) >= 11 is 0. The average molecular weight is 262 g/mol. The molecule has 0 aliphatic carbocycles. The SMILES string of the molecule is COC(CCCCOC(=O)CCCC(=O)O)OC. The third-order valence-electron chi connectivity index (χ3n) is 2.39. The van der Waals surface area contributed by atoms with Crippen molar-refractivity contribution in [2.24, 2.45) is 0 Å². The molecule has 106 valence electrons. The molecule has 0 saturated heterocycles. The monoisotopic (exact) mass is 262 g/mol. The van der Waals surface area contributed by atoms with E-state index in [9.17, 15) is 9.59 Å². The molecule has 0 aliphatic rings. The molecule has 0 spiro atoms. The molecular weight excluding hydrogens is 240 g/mol. The van der Waals surface area contributed by atoms with E-state index in [-0.39, 0.29) is 25.1 Å². The second kappa shape index (κ2) is 11.0. The lowest BCUT2D eigenvalue weighted by atomic mass is 10.2. The lowest BCUT2D eigenvalue weighted by molar-refractivity contribution is -0.144. The van der Waals surface area contributed by atoms with E-state index < -0.39 is 5.97 Å². The number of methoxy groups -OCH3 is 2. The lowest BCUT2D eigenvalue weighted by Gasteiger charge is -2.12. The molecule has 0 bridgehead atoms. The van der Waals surface area contributed by atoms with Crippen molar-refractivity contribution in [3.63, 3.8) is 0 Å². The topological polar surface area (TPSA) is 82.1 Å². The third-order valence-corrected chi connectivity index (χ3v) is 2.39. The van der Waals surface area contributed by atoms with Crippen molar-refractivity contribution < 1.29 is 28.9 Å². The zero-order valence-electron chi connectivity index (χ0n) is 11.0. The van der Waals surface area contributed by atoms with E-state index in [4.69, 9.17) is 19.3 Å². The first-order chi connectivity index (χ1) is 8.60. The summed E-state index contributed by atoms with van der Waals surface area (Å²) in [5, 5.41) is 8.40. The van der Waals surface area contributed by atoms with E-state index in [1.165, 1.54) is 0 Å². The molecule has 0 aromatic heterocycles. The van der Waals surface area contributed by atoms with E-state index in [0.29, 0.717) is 13.0 Å². The Morgan fingerprint density at radius 2 is 1.72 bits per heavy atom. The summed E-state index contributed by atoms with van der Waals surface area (Å²) in [6, 6.07) is 0. The number of carboxylic acid groups (broad SMARTS) is 1. The number of ether oxygens (including phenoxy) is 3. The largest absolute Gasteiger partial charge is 0.481 e. The Hall–Kier alpha value is -1.14. The number of aliphatic carboxylic acids is 1. The molecular formula is C12H22O6. The van der Waals surface area contributed by atoms with Crippen LogP contribution >= 0.6 is 0 Å². The van der Waals surface area contributed by atoms with Crippen LogP contribution in [0.4, 0.5) is 0 Å². The van der Waals surface area contributed by atoms with Crippen LogP contribution in [0.5, 0.6) is 0 Å². The Morgan fingerprint density at radius 3 is 2.28 bits per heavy atom. The standard InChI is InChI=1S/C12H22O6/c1-16-12(17-2)8-3-4-9-18-11(15)7-5-6-10(13)14/h12H,3-9H2,1-2H3,(H,13,14). The highest BCUT2D eigenvalue weighted by molar-refractivity contribution is 5.71. The second-order valence-electron chi connectivity index (χ2n) is 3.86. The Bertz CT molecular complexity index is 237.